The number of Topliss-reactive ketones (excluding diaryl/α,β-unsaturated/α-hetero) is 1. The molecular weight excluding hydrogens is 360 g/mol. The van der Waals surface area contributed by atoms with Gasteiger partial charge < -0.3 is 4.74 Å². The number of rotatable bonds is 6. The van der Waals surface area contributed by atoms with Crippen molar-refractivity contribution in [1.82, 2.24) is 4.98 Å². The van der Waals surface area contributed by atoms with Gasteiger partial charge in [-0.2, -0.15) is 0 Å². The second-order valence-corrected chi connectivity index (χ2v) is 7.12. The topological polar surface area (TPSA) is 68.3 Å². The first-order valence-corrected chi connectivity index (χ1v) is 9.37. The molecule has 3 rings (SSSR count). The van der Waals surface area contributed by atoms with Crippen molar-refractivity contribution >= 4 is 28.2 Å². The highest BCUT2D eigenvalue weighted by Crippen LogP contribution is 2.26. The molecule has 0 atom stereocenters. The molecule has 27 heavy (non-hydrogen) atoms. The molecule has 0 bridgehead atoms. The average Bonchev–Trinajstić information content (AvgIpc) is 3.11. The van der Waals surface area contributed by atoms with Crippen LogP contribution in [-0.4, -0.2) is 23.3 Å². The first-order valence-electron chi connectivity index (χ1n) is 8.49. The Morgan fingerprint density at radius 2 is 1.93 bits per heavy atom. The fourth-order valence-electron chi connectivity index (χ4n) is 2.47. The average molecular weight is 380 g/mol. The maximum Gasteiger partial charge on any atom is 0.264 e. The van der Waals surface area contributed by atoms with Crippen molar-refractivity contribution in [3.05, 3.63) is 64.5 Å². The minimum Gasteiger partial charge on any atom is -0.484 e. The van der Waals surface area contributed by atoms with Gasteiger partial charge in [0.25, 0.3) is 5.91 Å². The van der Waals surface area contributed by atoms with E-state index in [9.17, 15) is 9.59 Å². The number of aryl methyl sites for hydroxylation is 2. The van der Waals surface area contributed by atoms with E-state index >= 15 is 0 Å². The molecule has 0 saturated carbocycles. The Labute approximate surface area is 162 Å². The van der Waals surface area contributed by atoms with Crippen LogP contribution in [0.3, 0.4) is 0 Å². The van der Waals surface area contributed by atoms with Crippen molar-refractivity contribution in [3.8, 4) is 17.0 Å². The minimum absolute atomic E-state index is 0.0495. The van der Waals surface area contributed by atoms with Gasteiger partial charge in [-0.15, -0.1) is 11.3 Å². The molecule has 0 saturated heterocycles. The molecular formula is C21H20N2O3S. The van der Waals surface area contributed by atoms with Gasteiger partial charge in [-0.05, 0) is 50.1 Å². The monoisotopic (exact) mass is 380 g/mol. The van der Waals surface area contributed by atoms with Crippen molar-refractivity contribution in [2.24, 2.45) is 0 Å². The molecule has 1 aromatic heterocycles. The number of amides is 1. The predicted molar refractivity (Wildman–Crippen MR) is 108 cm³/mol. The maximum atomic E-state index is 12.1. The highest BCUT2D eigenvalue weighted by atomic mass is 32.1. The summed E-state index contributed by atoms with van der Waals surface area (Å²) in [6.07, 6.45) is 0. The summed E-state index contributed by atoms with van der Waals surface area (Å²) in [5.41, 5.74) is 4.83. The number of thiazole rings is 1. The number of anilines is 1. The van der Waals surface area contributed by atoms with Crippen LogP contribution in [-0.2, 0) is 4.79 Å². The van der Waals surface area contributed by atoms with Gasteiger partial charge in [-0.3, -0.25) is 14.9 Å². The van der Waals surface area contributed by atoms with E-state index in [4.69, 9.17) is 4.74 Å². The zero-order chi connectivity index (χ0) is 19.4. The molecule has 2 aromatic carbocycles. The Balaban J connectivity index is 1.60. The van der Waals surface area contributed by atoms with E-state index in [0.717, 1.165) is 11.3 Å². The lowest BCUT2D eigenvalue weighted by atomic mass is 10.1. The maximum absolute atomic E-state index is 12.1. The SMILES string of the molecule is CC(=O)c1cccc(OCC(=O)Nc2nc(-c3ccc(C)c(C)c3)cs2)c1. The van der Waals surface area contributed by atoms with Gasteiger partial charge in [0.15, 0.2) is 17.5 Å². The van der Waals surface area contributed by atoms with Gasteiger partial charge >= 0.3 is 0 Å². The fraction of sp³-hybridized carbons (Fsp3) is 0.190. The lowest BCUT2D eigenvalue weighted by Crippen LogP contribution is -2.20. The van der Waals surface area contributed by atoms with Crippen LogP contribution in [0.1, 0.15) is 28.4 Å². The van der Waals surface area contributed by atoms with E-state index in [2.05, 4.69) is 36.3 Å². The van der Waals surface area contributed by atoms with E-state index in [1.807, 2.05) is 11.4 Å². The third-order valence-electron chi connectivity index (χ3n) is 4.16. The summed E-state index contributed by atoms with van der Waals surface area (Å²) >= 11 is 1.37. The standard InChI is InChI=1S/C21H20N2O3S/c1-13-7-8-17(9-14(13)2)19-12-27-21(22-19)23-20(25)11-26-18-6-4-5-16(10-18)15(3)24/h4-10,12H,11H2,1-3H3,(H,22,23,25). The van der Waals surface area contributed by atoms with Crippen LogP contribution < -0.4 is 10.1 Å². The molecule has 0 unspecified atom stereocenters. The first kappa shape index (κ1) is 18.8. The Morgan fingerprint density at radius 3 is 2.67 bits per heavy atom. The minimum atomic E-state index is -0.302. The Bertz CT molecular complexity index is 995. The molecule has 0 radical (unpaired) electrons. The van der Waals surface area contributed by atoms with Gasteiger partial charge in [-0.1, -0.05) is 24.3 Å². The molecule has 5 nitrogen and oxygen atoms in total. The van der Waals surface area contributed by atoms with Crippen molar-refractivity contribution in [2.75, 3.05) is 11.9 Å². The van der Waals surface area contributed by atoms with Crippen LogP contribution in [0.2, 0.25) is 0 Å². The highest BCUT2D eigenvalue weighted by Gasteiger charge is 2.10. The summed E-state index contributed by atoms with van der Waals surface area (Å²) in [4.78, 5) is 28.0. The lowest BCUT2D eigenvalue weighted by Gasteiger charge is -2.06. The number of hydrogen-bond donors (Lipinski definition) is 1. The molecule has 3 aromatic rings. The third-order valence-corrected chi connectivity index (χ3v) is 4.92. The number of benzene rings is 2. The fourth-order valence-corrected chi connectivity index (χ4v) is 3.21. The third kappa shape index (κ3) is 4.80. The normalized spacial score (nSPS) is 10.5. The molecule has 0 aliphatic heterocycles. The second kappa shape index (κ2) is 8.14. The second-order valence-electron chi connectivity index (χ2n) is 6.26. The van der Waals surface area contributed by atoms with Crippen molar-refractivity contribution in [1.29, 1.82) is 0 Å². The predicted octanol–water partition coefficient (Wildman–Crippen LogP) is 4.65. The Morgan fingerprint density at radius 1 is 1.11 bits per heavy atom. The van der Waals surface area contributed by atoms with Crippen molar-refractivity contribution < 1.29 is 14.3 Å². The Kier molecular flexibility index (Phi) is 5.66. The molecule has 0 spiro atoms. The zero-order valence-corrected chi connectivity index (χ0v) is 16.2. The largest absolute Gasteiger partial charge is 0.484 e. The smallest absolute Gasteiger partial charge is 0.264 e. The van der Waals surface area contributed by atoms with Crippen LogP contribution in [0.15, 0.2) is 47.8 Å². The molecule has 0 aliphatic carbocycles. The van der Waals surface area contributed by atoms with E-state index in [0.29, 0.717) is 16.4 Å². The van der Waals surface area contributed by atoms with Crippen molar-refractivity contribution in [3.63, 3.8) is 0 Å². The van der Waals surface area contributed by atoms with Crippen LogP contribution in [0.25, 0.3) is 11.3 Å². The molecule has 0 fully saturated rings. The number of aromatic nitrogens is 1. The van der Waals surface area contributed by atoms with Crippen molar-refractivity contribution in [2.45, 2.75) is 20.8 Å². The summed E-state index contributed by atoms with van der Waals surface area (Å²) < 4.78 is 5.46. The van der Waals surface area contributed by atoms with E-state index < -0.39 is 0 Å². The van der Waals surface area contributed by atoms with Gasteiger partial charge in [0.05, 0.1) is 5.69 Å². The highest BCUT2D eigenvalue weighted by molar-refractivity contribution is 7.14. The van der Waals surface area contributed by atoms with Crippen LogP contribution in [0.4, 0.5) is 5.13 Å². The number of carbonyl (C=O) groups is 2. The zero-order valence-electron chi connectivity index (χ0n) is 15.4. The van der Waals surface area contributed by atoms with Crippen LogP contribution in [0, 0.1) is 13.8 Å². The number of nitrogens with one attached hydrogen (secondary N) is 1. The summed E-state index contributed by atoms with van der Waals surface area (Å²) in [7, 11) is 0. The number of ketones is 1. The molecule has 1 N–H and O–H groups in total. The lowest BCUT2D eigenvalue weighted by molar-refractivity contribution is -0.118. The number of ether oxygens (including phenoxy) is 1. The quantitative estimate of drug-likeness (QED) is 0.632. The molecule has 6 heteroatoms. The Hall–Kier alpha value is -2.99. The summed E-state index contributed by atoms with van der Waals surface area (Å²) in [6, 6.07) is 12.9. The van der Waals surface area contributed by atoms with Crippen LogP contribution >= 0.6 is 11.3 Å². The van der Waals surface area contributed by atoms with E-state index in [1.165, 1.54) is 29.4 Å². The van der Waals surface area contributed by atoms with Gasteiger partial charge in [0.1, 0.15) is 5.75 Å². The van der Waals surface area contributed by atoms with Gasteiger partial charge in [-0.25, -0.2) is 4.98 Å². The van der Waals surface area contributed by atoms with E-state index in [-0.39, 0.29) is 18.3 Å². The molecule has 1 heterocycles. The number of carbonyl (C=O) groups excluding carboxylic acids is 2. The van der Waals surface area contributed by atoms with Gasteiger partial charge in [0, 0.05) is 16.5 Å². The molecule has 0 aliphatic rings. The van der Waals surface area contributed by atoms with E-state index in [1.54, 1.807) is 24.3 Å². The number of nitrogens with zero attached hydrogens (tertiary/aromatic N) is 1. The molecule has 1 amide bonds. The van der Waals surface area contributed by atoms with Crippen LogP contribution in [0.5, 0.6) is 5.75 Å². The summed E-state index contributed by atoms with van der Waals surface area (Å²) in [6.45, 7) is 5.46. The first-order chi connectivity index (χ1) is 12.9. The van der Waals surface area contributed by atoms with Gasteiger partial charge in [0.2, 0.25) is 0 Å². The summed E-state index contributed by atoms with van der Waals surface area (Å²) in [5.74, 6) is 0.128. The summed E-state index contributed by atoms with van der Waals surface area (Å²) in [5, 5.41) is 5.18. The molecule has 138 valence electrons. The number of hydrogen-bond acceptors (Lipinski definition) is 5.